The van der Waals surface area contributed by atoms with Crippen LogP contribution < -0.4 is 4.72 Å². The molecular weight excluding hydrogens is 545 g/mol. The van der Waals surface area contributed by atoms with E-state index < -0.39 is 10.0 Å². The van der Waals surface area contributed by atoms with E-state index in [4.69, 9.17) is 23.2 Å². The molecule has 1 N–H and O–H groups in total. The van der Waals surface area contributed by atoms with Crippen LogP contribution in [0.2, 0.25) is 10.0 Å². The quantitative estimate of drug-likeness (QED) is 0.224. The van der Waals surface area contributed by atoms with Gasteiger partial charge < -0.3 is 4.57 Å². The summed E-state index contributed by atoms with van der Waals surface area (Å²) in [6.45, 7) is 9.02. The number of halogens is 2. The molecule has 0 spiro atoms. The Balaban J connectivity index is 1.78. The molecule has 0 saturated heterocycles. The van der Waals surface area contributed by atoms with Crippen LogP contribution in [0, 0.1) is 13.8 Å². The predicted octanol–water partition coefficient (Wildman–Crippen LogP) is 7.61. The first-order valence-corrected chi connectivity index (χ1v) is 14.9. The van der Waals surface area contributed by atoms with Crippen LogP contribution in [0.3, 0.4) is 0 Å². The molecule has 0 bridgehead atoms. The Labute approximate surface area is 233 Å². The lowest BCUT2D eigenvalue weighted by Gasteiger charge is -2.15. The highest BCUT2D eigenvalue weighted by Crippen LogP contribution is 2.41. The van der Waals surface area contributed by atoms with Crippen molar-refractivity contribution in [1.82, 2.24) is 14.3 Å². The first-order valence-electron chi connectivity index (χ1n) is 11.9. The smallest absolute Gasteiger partial charge is 0.240 e. The summed E-state index contributed by atoms with van der Waals surface area (Å²) in [7, 11) is -3.68. The molecule has 0 aliphatic carbocycles. The lowest BCUT2D eigenvalue weighted by atomic mass is 10.0. The van der Waals surface area contributed by atoms with E-state index in [0.717, 1.165) is 37.9 Å². The summed E-state index contributed by atoms with van der Waals surface area (Å²) in [4.78, 5) is 5.31. The van der Waals surface area contributed by atoms with Gasteiger partial charge in [0.15, 0.2) is 0 Å². The topological polar surface area (TPSA) is 64.0 Å². The SMILES string of the molecule is Cc1ccc(S(=O)(=O)NCc2c(C(C)C)c(Sc3cc(Cl)cc(Cl)c3)n(Cc3ccncc3)c2C)cc1. The van der Waals surface area contributed by atoms with Crippen molar-refractivity contribution in [2.24, 2.45) is 0 Å². The van der Waals surface area contributed by atoms with Gasteiger partial charge in [-0.15, -0.1) is 0 Å². The van der Waals surface area contributed by atoms with Crippen molar-refractivity contribution in [2.45, 2.75) is 61.5 Å². The number of hydrogen-bond donors (Lipinski definition) is 1. The molecule has 194 valence electrons. The highest BCUT2D eigenvalue weighted by atomic mass is 35.5. The highest BCUT2D eigenvalue weighted by Gasteiger charge is 2.25. The number of rotatable bonds is 9. The van der Waals surface area contributed by atoms with Crippen LogP contribution in [0.25, 0.3) is 0 Å². The summed E-state index contributed by atoms with van der Waals surface area (Å²) in [5.74, 6) is 0.147. The van der Waals surface area contributed by atoms with Crippen molar-refractivity contribution in [3.8, 4) is 0 Å². The molecular formula is C28H29Cl2N3O2S2. The van der Waals surface area contributed by atoms with Gasteiger partial charge in [-0.1, -0.05) is 66.5 Å². The number of pyridine rings is 1. The number of hydrogen-bond acceptors (Lipinski definition) is 4. The minimum absolute atomic E-state index is 0.147. The minimum atomic E-state index is -3.68. The average molecular weight is 575 g/mol. The normalized spacial score (nSPS) is 11.9. The molecule has 0 amide bonds. The van der Waals surface area contributed by atoms with Crippen LogP contribution >= 0.6 is 35.0 Å². The maximum atomic E-state index is 13.1. The van der Waals surface area contributed by atoms with Gasteiger partial charge in [-0.25, -0.2) is 13.1 Å². The molecule has 0 aliphatic heterocycles. The van der Waals surface area contributed by atoms with Crippen molar-refractivity contribution in [3.05, 3.63) is 105 Å². The van der Waals surface area contributed by atoms with Crippen molar-refractivity contribution in [1.29, 1.82) is 0 Å². The van der Waals surface area contributed by atoms with Gasteiger partial charge in [0.1, 0.15) is 0 Å². The van der Waals surface area contributed by atoms with Gasteiger partial charge in [0.25, 0.3) is 0 Å². The van der Waals surface area contributed by atoms with Crippen LogP contribution in [0.4, 0.5) is 0 Å². The van der Waals surface area contributed by atoms with Gasteiger partial charge in [0.05, 0.1) is 9.92 Å². The summed E-state index contributed by atoms with van der Waals surface area (Å²) < 4.78 is 31.3. The van der Waals surface area contributed by atoms with E-state index in [1.54, 1.807) is 54.5 Å². The Hall–Kier alpha value is -2.29. The summed E-state index contributed by atoms with van der Waals surface area (Å²) >= 11 is 14.2. The molecule has 0 aliphatic rings. The Morgan fingerprint density at radius 1 is 0.973 bits per heavy atom. The number of benzene rings is 2. The van der Waals surface area contributed by atoms with Gasteiger partial charge in [-0.05, 0) is 78.9 Å². The standard InChI is InChI=1S/C28H29Cl2N3O2S2/c1-18(2)27-26(16-32-37(34,35)25-7-5-19(3)6-8-25)20(4)33(17-21-9-11-31-12-10-21)28(27)36-24-14-22(29)13-23(30)15-24/h5-15,18,32H,16-17H2,1-4H3. The second kappa shape index (κ2) is 11.6. The predicted molar refractivity (Wildman–Crippen MR) is 152 cm³/mol. The van der Waals surface area contributed by atoms with Crippen LogP contribution in [0.5, 0.6) is 0 Å². The molecule has 0 unspecified atom stereocenters. The fourth-order valence-corrected chi connectivity index (χ4v) is 7.27. The fraction of sp³-hybridized carbons (Fsp3) is 0.250. The first-order chi connectivity index (χ1) is 17.5. The Bertz CT molecular complexity index is 1480. The Kier molecular flexibility index (Phi) is 8.71. The number of aryl methyl sites for hydroxylation is 1. The molecule has 4 rings (SSSR count). The van der Waals surface area contributed by atoms with Gasteiger partial charge in [0.2, 0.25) is 10.0 Å². The molecule has 2 aromatic heterocycles. The Morgan fingerprint density at radius 3 is 2.19 bits per heavy atom. The molecule has 37 heavy (non-hydrogen) atoms. The van der Waals surface area contributed by atoms with E-state index in [-0.39, 0.29) is 17.4 Å². The second-order valence-electron chi connectivity index (χ2n) is 9.22. The van der Waals surface area contributed by atoms with E-state index in [2.05, 4.69) is 28.1 Å². The van der Waals surface area contributed by atoms with E-state index in [9.17, 15) is 8.42 Å². The van der Waals surface area contributed by atoms with Crippen LogP contribution in [0.1, 0.15) is 47.7 Å². The maximum Gasteiger partial charge on any atom is 0.240 e. The summed E-state index contributed by atoms with van der Waals surface area (Å²) in [5.41, 5.74) is 5.17. The zero-order chi connectivity index (χ0) is 26.7. The Morgan fingerprint density at radius 2 is 1.59 bits per heavy atom. The molecule has 5 nitrogen and oxygen atoms in total. The molecule has 0 radical (unpaired) electrons. The van der Waals surface area contributed by atoms with E-state index in [0.29, 0.717) is 16.6 Å². The van der Waals surface area contributed by atoms with Gasteiger partial charge >= 0.3 is 0 Å². The number of nitrogens with zero attached hydrogens (tertiary/aromatic N) is 2. The zero-order valence-corrected chi connectivity index (χ0v) is 24.3. The second-order valence-corrected chi connectivity index (χ2v) is 12.9. The van der Waals surface area contributed by atoms with Crippen molar-refractivity contribution in [3.63, 3.8) is 0 Å². The lowest BCUT2D eigenvalue weighted by molar-refractivity contribution is 0.580. The third-order valence-corrected chi connectivity index (χ3v) is 9.09. The summed E-state index contributed by atoms with van der Waals surface area (Å²) in [5, 5.41) is 2.17. The lowest BCUT2D eigenvalue weighted by Crippen LogP contribution is -2.24. The van der Waals surface area contributed by atoms with Crippen LogP contribution in [-0.4, -0.2) is 18.0 Å². The number of aromatic nitrogens is 2. The summed E-state index contributed by atoms with van der Waals surface area (Å²) in [6.07, 6.45) is 3.55. The van der Waals surface area contributed by atoms with Gasteiger partial charge in [0, 0.05) is 46.1 Å². The van der Waals surface area contributed by atoms with Crippen molar-refractivity contribution >= 4 is 45.0 Å². The third kappa shape index (κ3) is 6.59. The largest absolute Gasteiger partial charge is 0.335 e. The molecule has 0 saturated carbocycles. The van der Waals surface area contributed by atoms with Crippen molar-refractivity contribution < 1.29 is 8.42 Å². The molecule has 2 heterocycles. The monoisotopic (exact) mass is 573 g/mol. The highest BCUT2D eigenvalue weighted by molar-refractivity contribution is 7.99. The van der Waals surface area contributed by atoms with E-state index in [1.165, 1.54) is 0 Å². The fourth-order valence-electron chi connectivity index (χ4n) is 4.24. The molecule has 0 fully saturated rings. The van der Waals surface area contributed by atoms with Gasteiger partial charge in [-0.2, -0.15) is 0 Å². The first kappa shape index (κ1) is 27.7. The zero-order valence-electron chi connectivity index (χ0n) is 21.1. The maximum absolute atomic E-state index is 13.1. The molecule has 4 aromatic rings. The number of sulfonamides is 1. The number of nitrogens with one attached hydrogen (secondary N) is 1. The van der Waals surface area contributed by atoms with Crippen LogP contribution in [-0.2, 0) is 23.1 Å². The molecule has 9 heteroatoms. The van der Waals surface area contributed by atoms with Crippen molar-refractivity contribution in [2.75, 3.05) is 0 Å². The van der Waals surface area contributed by atoms with Gasteiger partial charge in [-0.3, -0.25) is 4.98 Å². The molecule has 0 atom stereocenters. The third-order valence-electron chi connectivity index (χ3n) is 6.13. The van der Waals surface area contributed by atoms with Crippen LogP contribution in [0.15, 0.2) is 81.8 Å². The average Bonchev–Trinajstić information content (AvgIpc) is 3.09. The minimum Gasteiger partial charge on any atom is -0.335 e. The van der Waals surface area contributed by atoms with E-state index in [1.807, 2.05) is 38.1 Å². The summed E-state index contributed by atoms with van der Waals surface area (Å²) in [6, 6.07) is 16.3. The van der Waals surface area contributed by atoms with E-state index >= 15 is 0 Å². The molecule has 2 aromatic carbocycles.